The zero-order chi connectivity index (χ0) is 24.8. The van der Waals surface area contributed by atoms with Crippen LogP contribution < -0.4 is 15.0 Å². The first-order valence-electron chi connectivity index (χ1n) is 12.3. The summed E-state index contributed by atoms with van der Waals surface area (Å²) in [4.78, 5) is 24.0. The number of ether oxygens (including phenoxy) is 3. The second-order valence-corrected chi connectivity index (χ2v) is 9.80. The topological polar surface area (TPSA) is 96.9 Å². The standard InChI is InChI=1S/C26H35N3O5S/c1-4-34-15-19(30)13-29(18-8-6-5-7-9-18)14-23-27-25(31)24-20(16-35-26(24)28-23)17-10-11-21(32-2)22(12-17)33-3/h10-12,16,18-19,30H,4-9,13-15H2,1-3H3,(H,27,28,31)/t19-/m0/s1. The molecule has 9 heteroatoms. The molecule has 4 rings (SSSR count). The van der Waals surface area contributed by atoms with E-state index in [4.69, 9.17) is 19.2 Å². The van der Waals surface area contributed by atoms with Gasteiger partial charge in [-0.15, -0.1) is 11.3 Å². The molecule has 1 aliphatic rings. The van der Waals surface area contributed by atoms with Crippen LogP contribution in [-0.4, -0.2) is 66.1 Å². The first kappa shape index (κ1) is 25.6. The summed E-state index contributed by atoms with van der Waals surface area (Å²) in [5, 5.41) is 13.1. The van der Waals surface area contributed by atoms with Gasteiger partial charge in [0.2, 0.25) is 0 Å². The summed E-state index contributed by atoms with van der Waals surface area (Å²) in [6, 6.07) is 5.99. The van der Waals surface area contributed by atoms with Crippen molar-refractivity contribution in [1.29, 1.82) is 0 Å². The van der Waals surface area contributed by atoms with Gasteiger partial charge in [0.05, 0.1) is 38.9 Å². The third-order valence-electron chi connectivity index (χ3n) is 6.59. The van der Waals surface area contributed by atoms with Gasteiger partial charge in [0.25, 0.3) is 5.56 Å². The van der Waals surface area contributed by atoms with Crippen molar-refractivity contribution in [3.8, 4) is 22.6 Å². The highest BCUT2D eigenvalue weighted by atomic mass is 32.1. The Hall–Kier alpha value is -2.46. The van der Waals surface area contributed by atoms with Crippen molar-refractivity contribution in [3.63, 3.8) is 0 Å². The van der Waals surface area contributed by atoms with Crippen molar-refractivity contribution in [2.45, 2.75) is 57.7 Å². The van der Waals surface area contributed by atoms with Crippen LogP contribution in [0.4, 0.5) is 0 Å². The van der Waals surface area contributed by atoms with Crippen molar-refractivity contribution in [2.75, 3.05) is 34.0 Å². The normalized spacial score (nSPS) is 15.6. The highest BCUT2D eigenvalue weighted by Gasteiger charge is 2.25. The Bertz CT molecular complexity index is 1170. The molecule has 1 aliphatic carbocycles. The molecule has 35 heavy (non-hydrogen) atoms. The maximum atomic E-state index is 13.2. The maximum absolute atomic E-state index is 13.2. The van der Waals surface area contributed by atoms with Gasteiger partial charge in [0, 0.05) is 30.1 Å². The third-order valence-corrected chi connectivity index (χ3v) is 7.46. The number of nitrogens with zero attached hydrogens (tertiary/aromatic N) is 2. The minimum Gasteiger partial charge on any atom is -0.493 e. The number of aliphatic hydroxyl groups is 1. The zero-order valence-electron chi connectivity index (χ0n) is 20.7. The molecule has 2 N–H and O–H groups in total. The molecule has 3 aromatic rings. The van der Waals surface area contributed by atoms with Crippen molar-refractivity contribution in [1.82, 2.24) is 14.9 Å². The average Bonchev–Trinajstić information content (AvgIpc) is 3.31. The summed E-state index contributed by atoms with van der Waals surface area (Å²) in [6.45, 7) is 3.79. The van der Waals surface area contributed by atoms with Gasteiger partial charge in [-0.25, -0.2) is 4.98 Å². The van der Waals surface area contributed by atoms with Crippen LogP contribution in [0.15, 0.2) is 28.4 Å². The number of nitrogens with one attached hydrogen (secondary N) is 1. The molecule has 1 saturated carbocycles. The molecule has 0 amide bonds. The van der Waals surface area contributed by atoms with Crippen LogP contribution in [-0.2, 0) is 11.3 Å². The molecule has 0 aliphatic heterocycles. The monoisotopic (exact) mass is 501 g/mol. The van der Waals surface area contributed by atoms with E-state index in [9.17, 15) is 9.90 Å². The number of rotatable bonds is 11. The molecule has 8 nitrogen and oxygen atoms in total. The molecule has 0 radical (unpaired) electrons. The molecule has 0 bridgehead atoms. The Morgan fingerprint density at radius 3 is 2.69 bits per heavy atom. The summed E-state index contributed by atoms with van der Waals surface area (Å²) in [7, 11) is 3.19. The summed E-state index contributed by atoms with van der Waals surface area (Å²) in [5.41, 5.74) is 1.54. The number of benzene rings is 1. The lowest BCUT2D eigenvalue weighted by molar-refractivity contribution is 0.00493. The Morgan fingerprint density at radius 1 is 1.20 bits per heavy atom. The van der Waals surface area contributed by atoms with Crippen LogP contribution in [0, 0.1) is 0 Å². The van der Waals surface area contributed by atoms with Gasteiger partial charge in [0.1, 0.15) is 10.7 Å². The van der Waals surface area contributed by atoms with E-state index in [-0.39, 0.29) is 5.56 Å². The van der Waals surface area contributed by atoms with E-state index in [0.29, 0.717) is 59.9 Å². The van der Waals surface area contributed by atoms with Crippen LogP contribution >= 0.6 is 11.3 Å². The first-order valence-corrected chi connectivity index (χ1v) is 13.1. The maximum Gasteiger partial charge on any atom is 0.260 e. The number of methoxy groups -OCH3 is 2. The number of hydrogen-bond donors (Lipinski definition) is 2. The van der Waals surface area contributed by atoms with Crippen LogP contribution in [0.25, 0.3) is 21.3 Å². The number of thiophene rings is 1. The summed E-state index contributed by atoms with van der Waals surface area (Å²) in [6.07, 6.45) is 5.23. The van der Waals surface area contributed by atoms with Gasteiger partial charge in [-0.05, 0) is 37.5 Å². The number of aromatic amines is 1. The summed E-state index contributed by atoms with van der Waals surface area (Å²) in [5.74, 6) is 1.87. The lowest BCUT2D eigenvalue weighted by atomic mass is 9.94. The number of aromatic nitrogens is 2. The Kier molecular flexibility index (Phi) is 8.78. The summed E-state index contributed by atoms with van der Waals surface area (Å²) < 4.78 is 16.2. The Morgan fingerprint density at radius 2 is 1.97 bits per heavy atom. The SMILES string of the molecule is CCOC[C@@H](O)CN(Cc1nc2scc(-c3ccc(OC)c(OC)c3)c2c(=O)[nH]1)C1CCCCC1. The third kappa shape index (κ3) is 6.03. The van der Waals surface area contributed by atoms with E-state index < -0.39 is 6.10 Å². The lowest BCUT2D eigenvalue weighted by Crippen LogP contribution is -2.43. The fourth-order valence-corrected chi connectivity index (χ4v) is 5.81. The number of hydrogen-bond acceptors (Lipinski definition) is 8. The molecule has 1 atom stereocenters. The zero-order valence-corrected chi connectivity index (χ0v) is 21.5. The molecule has 2 heterocycles. The average molecular weight is 502 g/mol. The van der Waals surface area contributed by atoms with Crippen molar-refractivity contribution < 1.29 is 19.3 Å². The fourth-order valence-electron chi connectivity index (χ4n) is 4.84. The van der Waals surface area contributed by atoms with E-state index >= 15 is 0 Å². The smallest absolute Gasteiger partial charge is 0.260 e. The van der Waals surface area contributed by atoms with E-state index in [1.165, 1.54) is 30.6 Å². The largest absolute Gasteiger partial charge is 0.493 e. The van der Waals surface area contributed by atoms with Crippen LogP contribution in [0.2, 0.25) is 0 Å². The fraction of sp³-hybridized carbons (Fsp3) is 0.538. The van der Waals surface area contributed by atoms with Crippen molar-refractivity contribution in [3.05, 3.63) is 39.8 Å². The molecule has 2 aromatic heterocycles. The van der Waals surface area contributed by atoms with Gasteiger partial charge in [-0.3, -0.25) is 9.69 Å². The van der Waals surface area contributed by atoms with Crippen LogP contribution in [0.3, 0.4) is 0 Å². The molecular formula is C26H35N3O5S. The number of fused-ring (bicyclic) bond motifs is 1. The first-order chi connectivity index (χ1) is 17.0. The quantitative estimate of drug-likeness (QED) is 0.406. The molecule has 0 saturated heterocycles. The highest BCUT2D eigenvalue weighted by molar-refractivity contribution is 7.17. The molecule has 1 aromatic carbocycles. The van der Waals surface area contributed by atoms with E-state index in [0.717, 1.165) is 24.0 Å². The van der Waals surface area contributed by atoms with Crippen LogP contribution in [0.1, 0.15) is 44.9 Å². The van der Waals surface area contributed by atoms with Gasteiger partial charge in [0.15, 0.2) is 11.5 Å². The number of H-pyrrole nitrogens is 1. The highest BCUT2D eigenvalue weighted by Crippen LogP contribution is 2.36. The van der Waals surface area contributed by atoms with Gasteiger partial charge >= 0.3 is 0 Å². The van der Waals surface area contributed by atoms with Crippen molar-refractivity contribution in [2.24, 2.45) is 0 Å². The Labute approximate surface area is 209 Å². The number of aliphatic hydroxyl groups excluding tert-OH is 1. The molecule has 0 unspecified atom stereocenters. The van der Waals surface area contributed by atoms with Gasteiger partial charge in [-0.2, -0.15) is 0 Å². The van der Waals surface area contributed by atoms with E-state index in [1.807, 2.05) is 30.5 Å². The molecule has 190 valence electrons. The van der Waals surface area contributed by atoms with Crippen molar-refractivity contribution >= 4 is 21.6 Å². The minimum absolute atomic E-state index is 0.158. The summed E-state index contributed by atoms with van der Waals surface area (Å²) >= 11 is 1.46. The second-order valence-electron chi connectivity index (χ2n) is 8.95. The lowest BCUT2D eigenvalue weighted by Gasteiger charge is -2.35. The molecule has 1 fully saturated rings. The molecular weight excluding hydrogens is 466 g/mol. The van der Waals surface area contributed by atoms with Crippen LogP contribution in [0.5, 0.6) is 11.5 Å². The van der Waals surface area contributed by atoms with Gasteiger partial charge in [-0.1, -0.05) is 25.3 Å². The van der Waals surface area contributed by atoms with E-state index in [1.54, 1.807) is 14.2 Å². The minimum atomic E-state index is -0.578. The Balaban J connectivity index is 1.61. The predicted molar refractivity (Wildman–Crippen MR) is 139 cm³/mol. The molecule has 0 spiro atoms. The second kappa shape index (κ2) is 12.0. The van der Waals surface area contributed by atoms with E-state index in [2.05, 4.69) is 9.88 Å². The van der Waals surface area contributed by atoms with Gasteiger partial charge < -0.3 is 24.3 Å². The predicted octanol–water partition coefficient (Wildman–Crippen LogP) is 4.20.